The van der Waals surface area contributed by atoms with Crippen molar-refractivity contribution in [2.75, 3.05) is 0 Å². The Labute approximate surface area is 128 Å². The number of nitrogens with zero attached hydrogens (tertiary/aromatic N) is 4. The molecule has 0 atom stereocenters. The topological polar surface area (TPSA) is 97.1 Å². The highest BCUT2D eigenvalue weighted by Crippen LogP contribution is 2.30. The van der Waals surface area contributed by atoms with Gasteiger partial charge in [0, 0.05) is 11.8 Å². The third-order valence-electron chi connectivity index (χ3n) is 2.95. The molecule has 0 spiro atoms. The van der Waals surface area contributed by atoms with Crippen molar-refractivity contribution >= 4 is 27.5 Å². The molecule has 1 amide bonds. The SMILES string of the molecule is N#Cc1cccc(-c2nn3ccc(C(N)=O)nc3c2Br)c1. The lowest BCUT2D eigenvalue weighted by atomic mass is 10.1. The zero-order valence-electron chi connectivity index (χ0n) is 10.6. The smallest absolute Gasteiger partial charge is 0.267 e. The van der Waals surface area contributed by atoms with Crippen LogP contribution in [0, 0.1) is 11.3 Å². The van der Waals surface area contributed by atoms with E-state index in [4.69, 9.17) is 11.0 Å². The molecule has 0 radical (unpaired) electrons. The van der Waals surface area contributed by atoms with Crippen molar-refractivity contribution in [1.29, 1.82) is 5.26 Å². The fourth-order valence-electron chi connectivity index (χ4n) is 1.96. The van der Waals surface area contributed by atoms with Crippen molar-refractivity contribution in [3.8, 4) is 17.3 Å². The maximum absolute atomic E-state index is 11.2. The van der Waals surface area contributed by atoms with Crippen LogP contribution in [0.5, 0.6) is 0 Å². The number of amides is 1. The highest BCUT2D eigenvalue weighted by molar-refractivity contribution is 9.10. The monoisotopic (exact) mass is 341 g/mol. The van der Waals surface area contributed by atoms with Crippen molar-refractivity contribution < 1.29 is 4.79 Å². The normalized spacial score (nSPS) is 10.5. The first-order valence-corrected chi connectivity index (χ1v) is 6.74. The van der Waals surface area contributed by atoms with Crippen LogP contribution in [0.15, 0.2) is 41.0 Å². The van der Waals surface area contributed by atoms with Gasteiger partial charge in [-0.15, -0.1) is 0 Å². The molecule has 21 heavy (non-hydrogen) atoms. The molecule has 0 saturated heterocycles. The van der Waals surface area contributed by atoms with Gasteiger partial charge in [0.25, 0.3) is 5.91 Å². The van der Waals surface area contributed by atoms with Gasteiger partial charge in [-0.25, -0.2) is 9.50 Å². The van der Waals surface area contributed by atoms with Crippen LogP contribution in [-0.4, -0.2) is 20.5 Å². The number of hydrogen-bond acceptors (Lipinski definition) is 4. The van der Waals surface area contributed by atoms with Gasteiger partial charge < -0.3 is 5.73 Å². The van der Waals surface area contributed by atoms with Gasteiger partial charge in [-0.3, -0.25) is 4.79 Å². The first-order chi connectivity index (χ1) is 10.1. The molecule has 1 aromatic carbocycles. The Balaban J connectivity index is 2.22. The second kappa shape index (κ2) is 5.00. The summed E-state index contributed by atoms with van der Waals surface area (Å²) in [6.07, 6.45) is 1.62. The predicted molar refractivity (Wildman–Crippen MR) is 79.4 cm³/mol. The van der Waals surface area contributed by atoms with Crippen molar-refractivity contribution in [3.05, 3.63) is 52.3 Å². The van der Waals surface area contributed by atoms with E-state index in [0.29, 0.717) is 21.4 Å². The number of benzene rings is 1. The quantitative estimate of drug-likeness (QED) is 0.771. The summed E-state index contributed by atoms with van der Waals surface area (Å²) in [5.41, 5.74) is 7.85. The van der Waals surface area contributed by atoms with Gasteiger partial charge >= 0.3 is 0 Å². The van der Waals surface area contributed by atoms with Crippen LogP contribution < -0.4 is 5.73 Å². The van der Waals surface area contributed by atoms with E-state index in [9.17, 15) is 4.79 Å². The van der Waals surface area contributed by atoms with E-state index in [2.05, 4.69) is 32.1 Å². The zero-order chi connectivity index (χ0) is 15.0. The van der Waals surface area contributed by atoms with Crippen LogP contribution in [0.4, 0.5) is 0 Å². The molecule has 2 N–H and O–H groups in total. The van der Waals surface area contributed by atoms with Crippen molar-refractivity contribution in [3.63, 3.8) is 0 Å². The molecule has 6 nitrogen and oxygen atoms in total. The molecule has 0 unspecified atom stereocenters. The summed E-state index contributed by atoms with van der Waals surface area (Å²) in [4.78, 5) is 15.4. The van der Waals surface area contributed by atoms with E-state index < -0.39 is 5.91 Å². The number of primary amides is 1. The van der Waals surface area contributed by atoms with E-state index in [0.717, 1.165) is 5.56 Å². The Morgan fingerprint density at radius 1 is 1.38 bits per heavy atom. The van der Waals surface area contributed by atoms with E-state index in [-0.39, 0.29) is 5.69 Å². The molecule has 0 fully saturated rings. The number of nitrogens with two attached hydrogens (primary N) is 1. The summed E-state index contributed by atoms with van der Waals surface area (Å²) >= 11 is 3.44. The molecule has 0 aliphatic carbocycles. The molecule has 7 heteroatoms. The van der Waals surface area contributed by atoms with Crippen LogP contribution in [0.2, 0.25) is 0 Å². The van der Waals surface area contributed by atoms with E-state index >= 15 is 0 Å². The highest BCUT2D eigenvalue weighted by atomic mass is 79.9. The molecule has 0 bridgehead atoms. The van der Waals surface area contributed by atoms with Gasteiger partial charge in [0.2, 0.25) is 0 Å². The second-order valence-corrected chi connectivity index (χ2v) is 5.09. The molecule has 3 aromatic rings. The molecule has 2 heterocycles. The Bertz CT molecular complexity index is 909. The Morgan fingerprint density at radius 3 is 2.90 bits per heavy atom. The fourth-order valence-corrected chi connectivity index (χ4v) is 2.54. The van der Waals surface area contributed by atoms with E-state index in [1.807, 2.05) is 6.07 Å². The lowest BCUT2D eigenvalue weighted by Crippen LogP contribution is -2.13. The molecule has 0 aliphatic rings. The zero-order valence-corrected chi connectivity index (χ0v) is 12.2. The van der Waals surface area contributed by atoms with Gasteiger partial charge in [0.05, 0.1) is 16.1 Å². The third kappa shape index (κ3) is 2.26. The molecule has 0 aliphatic heterocycles. The first kappa shape index (κ1) is 13.3. The lowest BCUT2D eigenvalue weighted by molar-refractivity contribution is 0.0995. The summed E-state index contributed by atoms with van der Waals surface area (Å²) in [6.45, 7) is 0. The van der Waals surface area contributed by atoms with Gasteiger partial charge in [-0.1, -0.05) is 12.1 Å². The summed E-state index contributed by atoms with van der Waals surface area (Å²) in [5, 5.41) is 13.4. The van der Waals surface area contributed by atoms with E-state index in [1.54, 1.807) is 28.9 Å². The highest BCUT2D eigenvalue weighted by Gasteiger charge is 2.15. The molecule has 0 saturated carbocycles. The average molecular weight is 342 g/mol. The Kier molecular flexibility index (Phi) is 3.16. The number of rotatable bonds is 2. The van der Waals surface area contributed by atoms with E-state index in [1.165, 1.54) is 6.07 Å². The summed E-state index contributed by atoms with van der Waals surface area (Å²) in [6, 6.07) is 10.7. The molecule has 102 valence electrons. The van der Waals surface area contributed by atoms with Crippen molar-refractivity contribution in [2.45, 2.75) is 0 Å². The Morgan fingerprint density at radius 2 is 2.19 bits per heavy atom. The molecular formula is C14H8BrN5O. The maximum Gasteiger partial charge on any atom is 0.267 e. The number of aromatic nitrogens is 3. The molecular weight excluding hydrogens is 334 g/mol. The standard InChI is InChI=1S/C14H8BrN5O/c15-11-12(9-3-1-2-8(6-9)7-16)19-20-5-4-10(13(17)21)18-14(11)20/h1-6H,(H2,17,21). The first-order valence-electron chi connectivity index (χ1n) is 5.95. The van der Waals surface area contributed by atoms with Crippen molar-refractivity contribution in [1.82, 2.24) is 14.6 Å². The molecule has 2 aromatic heterocycles. The van der Waals surface area contributed by atoms with Crippen LogP contribution in [0.25, 0.3) is 16.9 Å². The summed E-state index contributed by atoms with van der Waals surface area (Å²) in [5.74, 6) is -0.598. The van der Waals surface area contributed by atoms with Gasteiger partial charge in [0.1, 0.15) is 11.4 Å². The second-order valence-electron chi connectivity index (χ2n) is 4.30. The minimum absolute atomic E-state index is 0.167. The van der Waals surface area contributed by atoms with Crippen LogP contribution in [0.3, 0.4) is 0 Å². The summed E-state index contributed by atoms with van der Waals surface area (Å²) < 4.78 is 2.19. The third-order valence-corrected chi connectivity index (χ3v) is 3.68. The lowest BCUT2D eigenvalue weighted by Gasteiger charge is -1.97. The molecule has 3 rings (SSSR count). The number of hydrogen-bond donors (Lipinski definition) is 1. The number of carbonyl (C=O) groups is 1. The minimum Gasteiger partial charge on any atom is -0.364 e. The van der Waals surface area contributed by atoms with Crippen LogP contribution in [-0.2, 0) is 0 Å². The number of nitriles is 1. The average Bonchev–Trinajstić information content (AvgIpc) is 2.84. The van der Waals surface area contributed by atoms with Crippen LogP contribution >= 0.6 is 15.9 Å². The minimum atomic E-state index is -0.598. The number of halogens is 1. The Hall–Kier alpha value is -2.72. The number of fused-ring (bicyclic) bond motifs is 1. The predicted octanol–water partition coefficient (Wildman–Crippen LogP) is 2.13. The summed E-state index contributed by atoms with van der Waals surface area (Å²) in [7, 11) is 0. The van der Waals surface area contributed by atoms with Crippen molar-refractivity contribution in [2.24, 2.45) is 5.73 Å². The van der Waals surface area contributed by atoms with Crippen LogP contribution in [0.1, 0.15) is 16.1 Å². The van der Waals surface area contributed by atoms with Gasteiger partial charge in [-0.2, -0.15) is 10.4 Å². The van der Waals surface area contributed by atoms with Gasteiger partial charge in [0.15, 0.2) is 5.65 Å². The number of carbonyl (C=O) groups excluding carboxylic acids is 1. The van der Waals surface area contributed by atoms with Gasteiger partial charge in [-0.05, 0) is 34.1 Å². The fraction of sp³-hybridized carbons (Fsp3) is 0. The maximum atomic E-state index is 11.2. The largest absolute Gasteiger partial charge is 0.364 e.